The van der Waals surface area contributed by atoms with Gasteiger partial charge in [-0.25, -0.2) is 0 Å². The highest BCUT2D eigenvalue weighted by molar-refractivity contribution is 7.99. The predicted octanol–water partition coefficient (Wildman–Crippen LogP) is 4.30. The van der Waals surface area contributed by atoms with Crippen LogP contribution < -0.4 is 0 Å². The lowest BCUT2D eigenvalue weighted by molar-refractivity contribution is -0.108. The Morgan fingerprint density at radius 3 is 2.69 bits per heavy atom. The zero-order valence-corrected chi connectivity index (χ0v) is 16.3. The Hall–Kier alpha value is -1.33. The molecule has 2 heterocycles. The summed E-state index contributed by atoms with van der Waals surface area (Å²) in [6.07, 6.45) is 2.67. The van der Waals surface area contributed by atoms with Gasteiger partial charge in [0.05, 0.1) is 0 Å². The van der Waals surface area contributed by atoms with Gasteiger partial charge in [0.2, 0.25) is 0 Å². The van der Waals surface area contributed by atoms with Gasteiger partial charge >= 0.3 is 0 Å². The third-order valence-electron chi connectivity index (χ3n) is 5.35. The number of rotatable bonds is 4. The molecule has 2 aromatic carbocycles. The molecule has 0 aliphatic carbocycles. The van der Waals surface area contributed by atoms with Crippen LogP contribution in [0.5, 0.6) is 0 Å². The first-order chi connectivity index (χ1) is 12.7. The number of benzene rings is 2. The Morgan fingerprint density at radius 1 is 1.08 bits per heavy atom. The van der Waals surface area contributed by atoms with Crippen LogP contribution in [0.2, 0.25) is 5.02 Å². The fourth-order valence-electron chi connectivity index (χ4n) is 3.94. The summed E-state index contributed by atoms with van der Waals surface area (Å²) in [6, 6.07) is 15.4. The topological polar surface area (TPSA) is 23.6 Å². The van der Waals surface area contributed by atoms with Crippen LogP contribution in [0.25, 0.3) is 0 Å². The molecule has 1 atom stereocenters. The van der Waals surface area contributed by atoms with E-state index in [1.165, 1.54) is 20.9 Å². The minimum absolute atomic E-state index is 0.355. The standard InChI is InChI=1S/C21H23ClN2OS/c22-17-6-7-21-18(15-17)19(14-16-4-1-2-5-20(16)26-21)24-11-9-23(10-12-24)8-3-13-25/h1-2,4-7,13,15,19H,3,8-12,14H2. The van der Waals surface area contributed by atoms with Gasteiger partial charge in [-0.3, -0.25) is 4.90 Å². The quantitative estimate of drug-likeness (QED) is 0.731. The van der Waals surface area contributed by atoms with E-state index in [1.807, 2.05) is 17.8 Å². The lowest BCUT2D eigenvalue weighted by Gasteiger charge is -2.39. The number of aldehydes is 1. The molecule has 26 heavy (non-hydrogen) atoms. The molecule has 1 saturated heterocycles. The average Bonchev–Trinajstić information content (AvgIpc) is 2.83. The van der Waals surface area contributed by atoms with E-state index in [9.17, 15) is 4.79 Å². The summed E-state index contributed by atoms with van der Waals surface area (Å²) in [4.78, 5) is 18.3. The summed E-state index contributed by atoms with van der Waals surface area (Å²) in [5.74, 6) is 0. The summed E-state index contributed by atoms with van der Waals surface area (Å²) in [7, 11) is 0. The minimum atomic E-state index is 0.355. The van der Waals surface area contributed by atoms with E-state index in [4.69, 9.17) is 11.6 Å². The number of hydrogen-bond donors (Lipinski definition) is 0. The summed E-state index contributed by atoms with van der Waals surface area (Å²) < 4.78 is 0. The van der Waals surface area contributed by atoms with Crippen molar-refractivity contribution in [2.24, 2.45) is 0 Å². The second-order valence-corrected chi connectivity index (χ2v) is 8.47. The second-order valence-electron chi connectivity index (χ2n) is 6.94. The summed E-state index contributed by atoms with van der Waals surface area (Å²) >= 11 is 8.21. The van der Waals surface area contributed by atoms with Gasteiger partial charge in [0, 0.05) is 60.0 Å². The predicted molar refractivity (Wildman–Crippen MR) is 107 cm³/mol. The molecule has 0 saturated carbocycles. The van der Waals surface area contributed by atoms with Crippen molar-refractivity contribution in [2.45, 2.75) is 28.7 Å². The van der Waals surface area contributed by atoms with E-state index in [1.54, 1.807) is 0 Å². The molecule has 2 aliphatic heterocycles. The molecule has 3 nitrogen and oxygen atoms in total. The SMILES string of the molecule is O=CCCN1CCN(C2Cc3ccccc3Sc3ccc(Cl)cc32)CC1. The molecule has 0 bridgehead atoms. The number of piperazine rings is 1. The Bertz CT molecular complexity index is 789. The molecule has 2 aromatic rings. The molecule has 2 aliphatic rings. The number of carbonyl (C=O) groups is 1. The van der Waals surface area contributed by atoms with E-state index in [0.717, 1.165) is 50.5 Å². The molecule has 0 spiro atoms. The lowest BCUT2D eigenvalue weighted by Crippen LogP contribution is -2.48. The van der Waals surface area contributed by atoms with Gasteiger partial charge in [0.1, 0.15) is 6.29 Å². The van der Waals surface area contributed by atoms with E-state index in [-0.39, 0.29) is 0 Å². The van der Waals surface area contributed by atoms with Crippen LogP contribution in [-0.4, -0.2) is 48.8 Å². The van der Waals surface area contributed by atoms with E-state index < -0.39 is 0 Å². The second kappa shape index (κ2) is 8.13. The summed E-state index contributed by atoms with van der Waals surface area (Å²) in [6.45, 7) is 4.98. The van der Waals surface area contributed by atoms with Crippen LogP contribution in [0.1, 0.15) is 23.6 Å². The third kappa shape index (κ3) is 3.84. The normalized spacial score (nSPS) is 20.9. The average molecular weight is 387 g/mol. The van der Waals surface area contributed by atoms with Gasteiger partial charge in [0.15, 0.2) is 0 Å². The zero-order chi connectivity index (χ0) is 17.9. The molecule has 1 fully saturated rings. The number of nitrogens with zero attached hydrogens (tertiary/aromatic N) is 2. The van der Waals surface area contributed by atoms with Crippen molar-refractivity contribution in [3.8, 4) is 0 Å². The first kappa shape index (κ1) is 18.1. The van der Waals surface area contributed by atoms with Crippen molar-refractivity contribution in [2.75, 3.05) is 32.7 Å². The molecule has 0 N–H and O–H groups in total. The fraction of sp³-hybridized carbons (Fsp3) is 0.381. The molecule has 5 heteroatoms. The smallest absolute Gasteiger partial charge is 0.121 e. The third-order valence-corrected chi connectivity index (χ3v) is 6.79. The lowest BCUT2D eigenvalue weighted by atomic mass is 9.96. The van der Waals surface area contributed by atoms with Crippen molar-refractivity contribution in [3.05, 3.63) is 58.6 Å². The van der Waals surface area contributed by atoms with Gasteiger partial charge < -0.3 is 9.69 Å². The summed E-state index contributed by atoms with van der Waals surface area (Å²) in [5, 5.41) is 0.810. The van der Waals surface area contributed by atoms with Gasteiger partial charge in [-0.2, -0.15) is 0 Å². The van der Waals surface area contributed by atoms with Gasteiger partial charge in [-0.1, -0.05) is 41.6 Å². The number of carbonyl (C=O) groups excluding carboxylic acids is 1. The monoisotopic (exact) mass is 386 g/mol. The van der Waals surface area contributed by atoms with Crippen molar-refractivity contribution in [3.63, 3.8) is 0 Å². The van der Waals surface area contributed by atoms with Crippen molar-refractivity contribution in [1.82, 2.24) is 9.80 Å². The fourth-order valence-corrected chi connectivity index (χ4v) is 5.24. The number of hydrogen-bond acceptors (Lipinski definition) is 4. The van der Waals surface area contributed by atoms with Crippen LogP contribution in [0.4, 0.5) is 0 Å². The highest BCUT2D eigenvalue weighted by atomic mass is 35.5. The minimum Gasteiger partial charge on any atom is -0.303 e. The van der Waals surface area contributed by atoms with Crippen LogP contribution >= 0.6 is 23.4 Å². The Morgan fingerprint density at radius 2 is 1.88 bits per heavy atom. The summed E-state index contributed by atoms with van der Waals surface area (Å²) in [5.41, 5.74) is 2.76. The first-order valence-electron chi connectivity index (χ1n) is 9.20. The molecule has 0 amide bonds. The maximum atomic E-state index is 10.6. The first-order valence-corrected chi connectivity index (χ1v) is 10.4. The van der Waals surface area contributed by atoms with Crippen molar-refractivity contribution < 1.29 is 4.79 Å². The Balaban J connectivity index is 1.61. The van der Waals surface area contributed by atoms with Crippen LogP contribution in [-0.2, 0) is 11.2 Å². The molecule has 0 radical (unpaired) electrons. The molecule has 0 aromatic heterocycles. The van der Waals surface area contributed by atoms with Gasteiger partial charge in [-0.15, -0.1) is 0 Å². The van der Waals surface area contributed by atoms with E-state index >= 15 is 0 Å². The van der Waals surface area contributed by atoms with Crippen LogP contribution in [0.15, 0.2) is 52.3 Å². The van der Waals surface area contributed by atoms with E-state index in [0.29, 0.717) is 12.5 Å². The van der Waals surface area contributed by atoms with Gasteiger partial charge in [0.25, 0.3) is 0 Å². The highest BCUT2D eigenvalue weighted by Crippen LogP contribution is 2.43. The largest absolute Gasteiger partial charge is 0.303 e. The van der Waals surface area contributed by atoms with Crippen LogP contribution in [0.3, 0.4) is 0 Å². The highest BCUT2D eigenvalue weighted by Gasteiger charge is 2.30. The molecule has 1 unspecified atom stereocenters. The zero-order valence-electron chi connectivity index (χ0n) is 14.7. The van der Waals surface area contributed by atoms with Crippen molar-refractivity contribution in [1.29, 1.82) is 0 Å². The molecule has 4 rings (SSSR count). The maximum Gasteiger partial charge on any atom is 0.121 e. The molecular weight excluding hydrogens is 364 g/mol. The Labute approximate surface area is 164 Å². The number of fused-ring (bicyclic) bond motifs is 2. The van der Waals surface area contributed by atoms with E-state index in [2.05, 4.69) is 46.2 Å². The number of halogens is 1. The molecule has 136 valence electrons. The van der Waals surface area contributed by atoms with Crippen LogP contribution in [0, 0.1) is 0 Å². The Kier molecular flexibility index (Phi) is 5.65. The van der Waals surface area contributed by atoms with Crippen molar-refractivity contribution >= 4 is 29.6 Å². The van der Waals surface area contributed by atoms with Gasteiger partial charge in [-0.05, 0) is 41.8 Å². The molecular formula is C21H23ClN2OS. The maximum absolute atomic E-state index is 10.6.